The summed E-state index contributed by atoms with van der Waals surface area (Å²) in [5.74, 6) is -0.0847. The monoisotopic (exact) mass is 265 g/mol. The van der Waals surface area contributed by atoms with E-state index in [0.717, 1.165) is 23.0 Å². The number of nitrogens with zero attached hydrogens (tertiary/aromatic N) is 3. The maximum Gasteiger partial charge on any atom is 0.214 e. The van der Waals surface area contributed by atoms with Crippen molar-refractivity contribution in [2.24, 2.45) is 0 Å². The highest BCUT2D eigenvalue weighted by Crippen LogP contribution is 2.19. The van der Waals surface area contributed by atoms with Crippen LogP contribution in [0.2, 0.25) is 0 Å². The van der Waals surface area contributed by atoms with Gasteiger partial charge in [0.15, 0.2) is 0 Å². The normalized spacial score (nSPS) is 10.9. The molecule has 2 aromatic heterocycles. The number of carbonyl (C=O) groups excluding carboxylic acids is 1. The molecule has 0 bridgehead atoms. The van der Waals surface area contributed by atoms with Gasteiger partial charge in [-0.2, -0.15) is 5.10 Å². The fraction of sp³-hybridized carbons (Fsp3) is 0.188. The number of hydrogen-bond acceptors (Lipinski definition) is 3. The molecule has 1 aromatic carbocycles. The number of rotatable bonds is 3. The summed E-state index contributed by atoms with van der Waals surface area (Å²) in [5, 5.41) is 5.21. The van der Waals surface area contributed by atoms with Crippen LogP contribution < -0.4 is 0 Å². The van der Waals surface area contributed by atoms with E-state index in [9.17, 15) is 4.79 Å². The lowest BCUT2D eigenvalue weighted by Gasteiger charge is -2.04. The summed E-state index contributed by atoms with van der Waals surface area (Å²) in [6.07, 6.45) is 3.35. The topological polar surface area (TPSA) is 47.8 Å². The fourth-order valence-corrected chi connectivity index (χ4v) is 2.27. The molecule has 0 saturated carbocycles. The Labute approximate surface area is 117 Å². The average Bonchev–Trinajstić information content (AvgIpc) is 2.95. The number of aryl methyl sites for hydroxylation is 2. The van der Waals surface area contributed by atoms with Gasteiger partial charge in [-0.3, -0.25) is 9.48 Å². The molecule has 3 aromatic rings. The second-order valence-corrected chi connectivity index (χ2v) is 4.76. The second-order valence-electron chi connectivity index (χ2n) is 4.76. The molecule has 2 heterocycles. The van der Waals surface area contributed by atoms with Gasteiger partial charge in [-0.1, -0.05) is 18.2 Å². The van der Waals surface area contributed by atoms with E-state index in [4.69, 9.17) is 0 Å². The van der Waals surface area contributed by atoms with Crippen LogP contribution in [0, 0.1) is 6.92 Å². The molecule has 4 nitrogen and oxygen atoms in total. The minimum absolute atomic E-state index is 0.0847. The molecular weight excluding hydrogens is 250 g/mol. The van der Waals surface area contributed by atoms with Gasteiger partial charge in [0.05, 0.1) is 17.3 Å². The summed E-state index contributed by atoms with van der Waals surface area (Å²) in [6.45, 7) is 4.73. The fourth-order valence-electron chi connectivity index (χ4n) is 2.27. The van der Waals surface area contributed by atoms with Gasteiger partial charge in [0.1, 0.15) is 5.69 Å². The smallest absolute Gasteiger partial charge is 0.214 e. The zero-order valence-electron chi connectivity index (χ0n) is 11.5. The molecule has 0 amide bonds. The van der Waals surface area contributed by atoms with Crippen LogP contribution in [-0.4, -0.2) is 20.5 Å². The van der Waals surface area contributed by atoms with E-state index in [0.29, 0.717) is 11.3 Å². The summed E-state index contributed by atoms with van der Waals surface area (Å²) in [6, 6.07) is 9.69. The lowest BCUT2D eigenvalue weighted by molar-refractivity contribution is 0.103. The average molecular weight is 265 g/mol. The third kappa shape index (κ3) is 2.09. The molecule has 0 unspecified atom stereocenters. The van der Waals surface area contributed by atoms with Crippen LogP contribution in [0.25, 0.3) is 10.9 Å². The highest BCUT2D eigenvalue weighted by molar-refractivity contribution is 6.08. The van der Waals surface area contributed by atoms with Crippen LogP contribution in [-0.2, 0) is 6.54 Å². The zero-order valence-corrected chi connectivity index (χ0v) is 11.5. The van der Waals surface area contributed by atoms with Gasteiger partial charge in [-0.15, -0.1) is 0 Å². The molecule has 0 N–H and O–H groups in total. The molecule has 4 heteroatoms. The van der Waals surface area contributed by atoms with Gasteiger partial charge in [0.2, 0.25) is 5.78 Å². The van der Waals surface area contributed by atoms with E-state index in [1.807, 2.05) is 44.2 Å². The Kier molecular flexibility index (Phi) is 3.06. The SMILES string of the molecule is CCn1cc(C(=O)c2cc(C)c3ccccc3n2)cn1. The van der Waals surface area contributed by atoms with Crippen LogP contribution in [0.5, 0.6) is 0 Å². The number of carbonyl (C=O) groups is 1. The number of hydrogen-bond donors (Lipinski definition) is 0. The molecule has 0 radical (unpaired) electrons. The molecule has 0 saturated heterocycles. The van der Waals surface area contributed by atoms with E-state index in [1.54, 1.807) is 17.1 Å². The first kappa shape index (κ1) is 12.5. The highest BCUT2D eigenvalue weighted by Gasteiger charge is 2.14. The van der Waals surface area contributed by atoms with Gasteiger partial charge in [-0.25, -0.2) is 4.98 Å². The van der Waals surface area contributed by atoms with E-state index in [1.165, 1.54) is 0 Å². The number of para-hydroxylation sites is 1. The standard InChI is InChI=1S/C16H15N3O/c1-3-19-10-12(9-17-19)16(20)15-8-11(2)13-6-4-5-7-14(13)18-15/h4-10H,3H2,1-2H3. The second kappa shape index (κ2) is 4.89. The molecule has 0 fully saturated rings. The summed E-state index contributed by atoms with van der Waals surface area (Å²) in [7, 11) is 0. The van der Waals surface area contributed by atoms with Crippen molar-refractivity contribution in [3.05, 3.63) is 59.5 Å². The molecular formula is C16H15N3O. The zero-order chi connectivity index (χ0) is 14.1. The first-order valence-electron chi connectivity index (χ1n) is 6.62. The van der Waals surface area contributed by atoms with Crippen molar-refractivity contribution in [2.45, 2.75) is 20.4 Å². The predicted octanol–water partition coefficient (Wildman–Crippen LogP) is 2.99. The van der Waals surface area contributed by atoms with Crippen molar-refractivity contribution in [1.82, 2.24) is 14.8 Å². The van der Waals surface area contributed by atoms with Crippen molar-refractivity contribution < 1.29 is 4.79 Å². The minimum Gasteiger partial charge on any atom is -0.287 e. The molecule has 0 spiro atoms. The van der Waals surface area contributed by atoms with Gasteiger partial charge in [0, 0.05) is 18.1 Å². The van der Waals surface area contributed by atoms with E-state index in [2.05, 4.69) is 10.1 Å². The number of pyridine rings is 1. The molecule has 20 heavy (non-hydrogen) atoms. The lowest BCUT2D eigenvalue weighted by Crippen LogP contribution is -2.04. The third-order valence-corrected chi connectivity index (χ3v) is 3.38. The number of ketones is 1. The van der Waals surface area contributed by atoms with E-state index < -0.39 is 0 Å². The van der Waals surface area contributed by atoms with Crippen LogP contribution in [0.15, 0.2) is 42.7 Å². The maximum absolute atomic E-state index is 12.5. The summed E-state index contributed by atoms with van der Waals surface area (Å²) in [4.78, 5) is 16.9. The van der Waals surface area contributed by atoms with Gasteiger partial charge >= 0.3 is 0 Å². The van der Waals surface area contributed by atoms with Crippen LogP contribution in [0.3, 0.4) is 0 Å². The molecule has 3 rings (SSSR count). The number of fused-ring (bicyclic) bond motifs is 1. The van der Waals surface area contributed by atoms with Gasteiger partial charge in [0.25, 0.3) is 0 Å². The minimum atomic E-state index is -0.0847. The van der Waals surface area contributed by atoms with Crippen molar-refractivity contribution in [2.75, 3.05) is 0 Å². The Morgan fingerprint density at radius 3 is 2.85 bits per heavy atom. The van der Waals surface area contributed by atoms with Crippen molar-refractivity contribution in [3.8, 4) is 0 Å². The van der Waals surface area contributed by atoms with Crippen molar-refractivity contribution >= 4 is 16.7 Å². The third-order valence-electron chi connectivity index (χ3n) is 3.38. The summed E-state index contributed by atoms with van der Waals surface area (Å²) in [5.41, 5.74) is 2.95. The van der Waals surface area contributed by atoms with Gasteiger partial charge in [-0.05, 0) is 31.5 Å². The largest absolute Gasteiger partial charge is 0.287 e. The molecule has 100 valence electrons. The molecule has 0 aliphatic carbocycles. The Morgan fingerprint density at radius 2 is 2.10 bits per heavy atom. The van der Waals surface area contributed by atoms with Crippen LogP contribution in [0.1, 0.15) is 28.5 Å². The van der Waals surface area contributed by atoms with Crippen molar-refractivity contribution in [1.29, 1.82) is 0 Å². The maximum atomic E-state index is 12.5. The molecule has 0 aliphatic rings. The van der Waals surface area contributed by atoms with Crippen LogP contribution >= 0.6 is 0 Å². The van der Waals surface area contributed by atoms with Gasteiger partial charge < -0.3 is 0 Å². The Morgan fingerprint density at radius 1 is 1.30 bits per heavy atom. The Bertz CT molecular complexity index is 789. The Balaban J connectivity index is 2.07. The Hall–Kier alpha value is -2.49. The summed E-state index contributed by atoms with van der Waals surface area (Å²) < 4.78 is 1.74. The van der Waals surface area contributed by atoms with Crippen molar-refractivity contribution in [3.63, 3.8) is 0 Å². The highest BCUT2D eigenvalue weighted by atomic mass is 16.1. The first-order valence-corrected chi connectivity index (χ1v) is 6.62. The molecule has 0 aliphatic heterocycles. The quantitative estimate of drug-likeness (QED) is 0.684. The van der Waals surface area contributed by atoms with Crippen LogP contribution in [0.4, 0.5) is 0 Å². The van der Waals surface area contributed by atoms with E-state index >= 15 is 0 Å². The first-order chi connectivity index (χ1) is 9.69. The lowest BCUT2D eigenvalue weighted by atomic mass is 10.1. The molecule has 0 atom stereocenters. The summed E-state index contributed by atoms with van der Waals surface area (Å²) >= 11 is 0. The van der Waals surface area contributed by atoms with E-state index in [-0.39, 0.29) is 5.78 Å². The number of benzene rings is 1. The predicted molar refractivity (Wildman–Crippen MR) is 77.8 cm³/mol. The number of aromatic nitrogens is 3.